The number of carbonyl (C=O) groups is 1. The first-order chi connectivity index (χ1) is 12.8. The van der Waals surface area contributed by atoms with Gasteiger partial charge in [-0.1, -0.05) is 18.2 Å². The maximum absolute atomic E-state index is 12.2. The Morgan fingerprint density at radius 3 is 2.81 bits per heavy atom. The lowest BCUT2D eigenvalue weighted by molar-refractivity contribution is 0.0158. The predicted octanol–water partition coefficient (Wildman–Crippen LogP) is 2.24. The van der Waals surface area contributed by atoms with Crippen LogP contribution in [-0.2, 0) is 11.3 Å². The van der Waals surface area contributed by atoms with Crippen molar-refractivity contribution in [3.8, 4) is 0 Å². The van der Waals surface area contributed by atoms with Crippen LogP contribution in [0.3, 0.4) is 0 Å². The summed E-state index contributed by atoms with van der Waals surface area (Å²) in [5.41, 5.74) is 1.97. The minimum atomic E-state index is -0.0108. The van der Waals surface area contributed by atoms with Gasteiger partial charge in [-0.3, -0.25) is 14.4 Å². The Kier molecular flexibility index (Phi) is 5.32. The van der Waals surface area contributed by atoms with Gasteiger partial charge in [0, 0.05) is 50.7 Å². The Morgan fingerprint density at radius 2 is 2.00 bits per heavy atom. The van der Waals surface area contributed by atoms with Gasteiger partial charge in [-0.05, 0) is 37.5 Å². The van der Waals surface area contributed by atoms with Crippen molar-refractivity contribution < 1.29 is 9.53 Å². The number of benzene rings is 1. The number of carbonyl (C=O) groups excluding carboxylic acids is 1. The predicted molar refractivity (Wildman–Crippen MR) is 98.9 cm³/mol. The molecule has 3 heterocycles. The number of amides is 1. The van der Waals surface area contributed by atoms with Gasteiger partial charge in [0.2, 0.25) is 0 Å². The molecule has 0 aliphatic carbocycles. The Morgan fingerprint density at radius 1 is 1.19 bits per heavy atom. The van der Waals surface area contributed by atoms with Crippen molar-refractivity contribution in [2.75, 3.05) is 26.3 Å². The molecule has 1 saturated heterocycles. The number of fused-ring (bicyclic) bond motifs is 1. The highest BCUT2D eigenvalue weighted by atomic mass is 16.5. The third-order valence-electron chi connectivity index (χ3n) is 5.41. The minimum Gasteiger partial charge on any atom is -0.381 e. The van der Waals surface area contributed by atoms with Crippen molar-refractivity contribution in [1.29, 1.82) is 0 Å². The molecule has 26 heavy (non-hydrogen) atoms. The molecule has 6 nitrogen and oxygen atoms in total. The molecule has 1 N–H and O–H groups in total. The number of hydrogen-bond donors (Lipinski definition) is 1. The van der Waals surface area contributed by atoms with Gasteiger partial charge in [-0.25, -0.2) is 0 Å². The summed E-state index contributed by atoms with van der Waals surface area (Å²) in [7, 11) is 0. The molecule has 2 aliphatic rings. The van der Waals surface area contributed by atoms with Crippen LogP contribution in [0.2, 0.25) is 0 Å². The zero-order valence-corrected chi connectivity index (χ0v) is 15.0. The van der Waals surface area contributed by atoms with Crippen molar-refractivity contribution in [3.63, 3.8) is 0 Å². The third kappa shape index (κ3) is 3.81. The molecule has 0 radical (unpaired) electrons. The van der Waals surface area contributed by atoms with E-state index in [1.807, 2.05) is 36.5 Å². The molecule has 1 aromatic carbocycles. The van der Waals surface area contributed by atoms with Crippen LogP contribution in [0, 0.1) is 0 Å². The van der Waals surface area contributed by atoms with Crippen LogP contribution in [0.1, 0.15) is 41.4 Å². The van der Waals surface area contributed by atoms with Gasteiger partial charge in [0.1, 0.15) is 0 Å². The molecule has 4 rings (SSSR count). The second kappa shape index (κ2) is 8.01. The second-order valence-electron chi connectivity index (χ2n) is 7.10. The van der Waals surface area contributed by atoms with Crippen LogP contribution >= 0.6 is 0 Å². The maximum Gasteiger partial charge on any atom is 0.251 e. The van der Waals surface area contributed by atoms with Gasteiger partial charge < -0.3 is 10.1 Å². The minimum absolute atomic E-state index is 0.0108. The largest absolute Gasteiger partial charge is 0.381 e. The van der Waals surface area contributed by atoms with Crippen molar-refractivity contribution in [2.24, 2.45) is 0 Å². The highest BCUT2D eigenvalue weighted by Gasteiger charge is 2.30. The van der Waals surface area contributed by atoms with E-state index in [9.17, 15) is 4.79 Å². The number of nitrogens with zero attached hydrogens (tertiary/aromatic N) is 3. The van der Waals surface area contributed by atoms with Crippen molar-refractivity contribution >= 4 is 5.91 Å². The molecule has 0 spiro atoms. The summed E-state index contributed by atoms with van der Waals surface area (Å²) in [6.45, 7) is 4.31. The summed E-state index contributed by atoms with van der Waals surface area (Å²) in [6, 6.07) is 12.4. The summed E-state index contributed by atoms with van der Waals surface area (Å²) in [5.74, 6) is -0.0108. The first kappa shape index (κ1) is 17.2. The lowest BCUT2D eigenvalue weighted by Gasteiger charge is -2.40. The normalized spacial score (nSPS) is 21.3. The Bertz CT molecular complexity index is 724. The SMILES string of the molecule is O=C(NCCC1CN(C2CCOCC2)Cc2ccnn21)c1ccccc1. The van der Waals surface area contributed by atoms with Gasteiger partial charge in [0.05, 0.1) is 11.7 Å². The molecular weight excluding hydrogens is 328 g/mol. The molecule has 0 bridgehead atoms. The topological polar surface area (TPSA) is 59.4 Å². The quantitative estimate of drug-likeness (QED) is 0.895. The molecule has 2 aliphatic heterocycles. The van der Waals surface area contributed by atoms with Crippen molar-refractivity contribution in [3.05, 3.63) is 53.9 Å². The van der Waals surface area contributed by atoms with Crippen molar-refractivity contribution in [1.82, 2.24) is 20.0 Å². The fraction of sp³-hybridized carbons (Fsp3) is 0.500. The van der Waals surface area contributed by atoms with E-state index in [1.54, 1.807) is 0 Å². The number of rotatable bonds is 5. The van der Waals surface area contributed by atoms with Crippen molar-refractivity contribution in [2.45, 2.75) is 37.9 Å². The van der Waals surface area contributed by atoms with Crippen LogP contribution in [0.5, 0.6) is 0 Å². The number of ether oxygens (including phenoxy) is 1. The lowest BCUT2D eigenvalue weighted by atomic mass is 10.0. The van der Waals surface area contributed by atoms with E-state index >= 15 is 0 Å². The molecule has 1 unspecified atom stereocenters. The Balaban J connectivity index is 1.37. The summed E-state index contributed by atoms with van der Waals surface area (Å²) in [4.78, 5) is 14.8. The van der Waals surface area contributed by atoms with Gasteiger partial charge in [0.15, 0.2) is 0 Å². The number of nitrogens with one attached hydrogen (secondary N) is 1. The van der Waals surface area contributed by atoms with Gasteiger partial charge in [-0.15, -0.1) is 0 Å². The summed E-state index contributed by atoms with van der Waals surface area (Å²) in [6.07, 6.45) is 4.97. The van der Waals surface area contributed by atoms with Crippen LogP contribution < -0.4 is 5.32 Å². The number of hydrogen-bond acceptors (Lipinski definition) is 4. The lowest BCUT2D eigenvalue weighted by Crippen LogP contribution is -2.46. The van der Waals surface area contributed by atoms with E-state index in [-0.39, 0.29) is 5.91 Å². The fourth-order valence-corrected chi connectivity index (χ4v) is 4.00. The molecule has 6 heteroatoms. The van der Waals surface area contributed by atoms with Crippen LogP contribution in [0.25, 0.3) is 0 Å². The Hall–Kier alpha value is -2.18. The highest BCUT2D eigenvalue weighted by molar-refractivity contribution is 5.94. The standard InChI is InChI=1S/C20H26N4O2/c25-20(16-4-2-1-3-5-16)21-10-6-18-14-23(17-8-12-26-13-9-17)15-19-7-11-22-24(18)19/h1-5,7,11,17-18H,6,8-10,12-15H2,(H,21,25). The van der Waals surface area contributed by atoms with Gasteiger partial charge >= 0.3 is 0 Å². The van der Waals surface area contributed by atoms with E-state index in [1.165, 1.54) is 5.69 Å². The zero-order chi connectivity index (χ0) is 17.8. The van der Waals surface area contributed by atoms with E-state index in [2.05, 4.69) is 26.1 Å². The highest BCUT2D eigenvalue weighted by Crippen LogP contribution is 2.27. The molecule has 1 fully saturated rings. The Labute approximate surface area is 154 Å². The molecule has 1 amide bonds. The average Bonchev–Trinajstić information content (AvgIpc) is 3.18. The van der Waals surface area contributed by atoms with E-state index < -0.39 is 0 Å². The monoisotopic (exact) mass is 354 g/mol. The van der Waals surface area contributed by atoms with E-state index in [0.717, 1.165) is 45.6 Å². The molecule has 1 aromatic heterocycles. The van der Waals surface area contributed by atoms with Gasteiger partial charge in [-0.2, -0.15) is 5.10 Å². The number of aromatic nitrogens is 2. The van der Waals surface area contributed by atoms with E-state index in [4.69, 9.17) is 4.74 Å². The smallest absolute Gasteiger partial charge is 0.251 e. The van der Waals surface area contributed by atoms with Crippen LogP contribution in [0.4, 0.5) is 0 Å². The molecule has 0 saturated carbocycles. The summed E-state index contributed by atoms with van der Waals surface area (Å²) in [5, 5.41) is 7.57. The summed E-state index contributed by atoms with van der Waals surface area (Å²) < 4.78 is 7.66. The molecule has 2 aromatic rings. The third-order valence-corrected chi connectivity index (χ3v) is 5.41. The zero-order valence-electron chi connectivity index (χ0n) is 15.0. The average molecular weight is 354 g/mol. The first-order valence-electron chi connectivity index (χ1n) is 9.48. The maximum atomic E-state index is 12.2. The van der Waals surface area contributed by atoms with E-state index in [0.29, 0.717) is 24.2 Å². The van der Waals surface area contributed by atoms with Crippen LogP contribution in [0.15, 0.2) is 42.6 Å². The van der Waals surface area contributed by atoms with Crippen LogP contribution in [-0.4, -0.2) is 52.9 Å². The molecular formula is C20H26N4O2. The molecule has 1 atom stereocenters. The molecule has 138 valence electrons. The fourth-order valence-electron chi connectivity index (χ4n) is 4.00. The van der Waals surface area contributed by atoms with Gasteiger partial charge in [0.25, 0.3) is 5.91 Å². The second-order valence-corrected chi connectivity index (χ2v) is 7.10. The summed E-state index contributed by atoms with van der Waals surface area (Å²) >= 11 is 0. The first-order valence-corrected chi connectivity index (χ1v) is 9.48.